The van der Waals surface area contributed by atoms with Gasteiger partial charge in [0.25, 0.3) is 10.1 Å². The summed E-state index contributed by atoms with van der Waals surface area (Å²) in [6.07, 6.45) is 24.1. The number of nitrogens with two attached hydrogens (primary N) is 1. The van der Waals surface area contributed by atoms with Crippen molar-refractivity contribution in [2.45, 2.75) is 160 Å². The van der Waals surface area contributed by atoms with Gasteiger partial charge in [-0.15, -0.1) is 6.58 Å². The molecule has 3 N–H and O–H groups in total. The summed E-state index contributed by atoms with van der Waals surface area (Å²) in [6, 6.07) is 0. The predicted octanol–water partition coefficient (Wildman–Crippen LogP) is 9.29. The van der Waals surface area contributed by atoms with Crippen molar-refractivity contribution < 1.29 is 17.4 Å². The van der Waals surface area contributed by atoms with E-state index in [1.807, 2.05) is 0 Å². The number of unbranched alkanes of at least 4 members (excludes halogenated alkanes) is 18. The van der Waals surface area contributed by atoms with Crippen molar-refractivity contribution in [2.75, 3.05) is 6.54 Å². The molecule has 0 amide bonds. The van der Waals surface area contributed by atoms with E-state index in [0.717, 1.165) is 51.4 Å². The molecule has 0 aliphatic carbocycles. The summed E-state index contributed by atoms with van der Waals surface area (Å²) in [4.78, 5) is 0. The van der Waals surface area contributed by atoms with Crippen LogP contribution in [0.5, 0.6) is 0 Å². The SMILES string of the molecule is C=CCN.CCCCCCCCCCCCCCCCC(F)(CCCCCCCC)S(=O)(=O)O. The van der Waals surface area contributed by atoms with Gasteiger partial charge in [0.1, 0.15) is 0 Å². The average molecular weight is 508 g/mol. The van der Waals surface area contributed by atoms with Gasteiger partial charge in [-0.25, -0.2) is 4.39 Å². The fourth-order valence-electron chi connectivity index (χ4n) is 4.14. The van der Waals surface area contributed by atoms with Crippen LogP contribution in [0.3, 0.4) is 0 Å². The summed E-state index contributed by atoms with van der Waals surface area (Å²) >= 11 is 0. The molecule has 0 fully saturated rings. The molecule has 34 heavy (non-hydrogen) atoms. The zero-order chi connectivity index (χ0) is 26.0. The molecule has 0 saturated heterocycles. The van der Waals surface area contributed by atoms with Crippen molar-refractivity contribution in [1.29, 1.82) is 0 Å². The van der Waals surface area contributed by atoms with Crippen LogP contribution in [0.1, 0.15) is 155 Å². The number of hydrogen-bond donors (Lipinski definition) is 2. The van der Waals surface area contributed by atoms with Gasteiger partial charge in [0.15, 0.2) is 0 Å². The largest absolute Gasteiger partial charge is 0.327 e. The Morgan fingerprint density at radius 1 is 0.676 bits per heavy atom. The summed E-state index contributed by atoms with van der Waals surface area (Å²) in [6.45, 7) is 8.33. The van der Waals surface area contributed by atoms with Crippen LogP contribution in [-0.2, 0) is 10.1 Å². The maximum atomic E-state index is 14.9. The van der Waals surface area contributed by atoms with Crippen LogP contribution in [-0.4, -0.2) is 24.5 Å². The van der Waals surface area contributed by atoms with Gasteiger partial charge < -0.3 is 5.73 Å². The van der Waals surface area contributed by atoms with E-state index >= 15 is 0 Å². The summed E-state index contributed by atoms with van der Waals surface area (Å²) in [5, 5.41) is -2.45. The third-order valence-electron chi connectivity index (χ3n) is 6.44. The van der Waals surface area contributed by atoms with Gasteiger partial charge in [-0.05, 0) is 25.7 Å². The van der Waals surface area contributed by atoms with Gasteiger partial charge in [-0.2, -0.15) is 8.42 Å². The Hall–Kier alpha value is -0.460. The Balaban J connectivity index is 0. The molecule has 0 bridgehead atoms. The van der Waals surface area contributed by atoms with Crippen molar-refractivity contribution in [2.24, 2.45) is 5.73 Å². The molecule has 0 aliphatic rings. The molecule has 1 unspecified atom stereocenters. The van der Waals surface area contributed by atoms with E-state index in [9.17, 15) is 17.4 Å². The Morgan fingerprint density at radius 3 is 1.12 bits per heavy atom. The van der Waals surface area contributed by atoms with Crippen molar-refractivity contribution >= 4 is 10.1 Å². The van der Waals surface area contributed by atoms with Crippen molar-refractivity contribution in [1.82, 2.24) is 0 Å². The van der Waals surface area contributed by atoms with Crippen molar-refractivity contribution in [3.8, 4) is 0 Å². The van der Waals surface area contributed by atoms with E-state index in [1.54, 1.807) is 6.08 Å². The van der Waals surface area contributed by atoms with E-state index in [-0.39, 0.29) is 12.8 Å². The molecule has 0 rings (SSSR count). The van der Waals surface area contributed by atoms with E-state index in [4.69, 9.17) is 5.73 Å². The molecule has 0 radical (unpaired) electrons. The lowest BCUT2D eigenvalue weighted by Crippen LogP contribution is -2.33. The molecule has 0 saturated carbocycles. The van der Waals surface area contributed by atoms with Crippen molar-refractivity contribution in [3.63, 3.8) is 0 Å². The molecule has 0 heterocycles. The van der Waals surface area contributed by atoms with Crippen LogP contribution in [0.25, 0.3) is 0 Å². The zero-order valence-electron chi connectivity index (χ0n) is 22.7. The minimum Gasteiger partial charge on any atom is -0.327 e. The highest BCUT2D eigenvalue weighted by atomic mass is 32.2. The number of rotatable bonds is 24. The molecule has 0 aromatic rings. The van der Waals surface area contributed by atoms with Gasteiger partial charge in [0.05, 0.1) is 0 Å². The van der Waals surface area contributed by atoms with Gasteiger partial charge in [-0.3, -0.25) is 4.55 Å². The predicted molar refractivity (Wildman–Crippen MR) is 148 cm³/mol. The Morgan fingerprint density at radius 2 is 0.912 bits per heavy atom. The minimum absolute atomic E-state index is 0.0706. The van der Waals surface area contributed by atoms with Crippen LogP contribution in [0.4, 0.5) is 4.39 Å². The third kappa shape index (κ3) is 23.3. The van der Waals surface area contributed by atoms with Crippen molar-refractivity contribution in [3.05, 3.63) is 12.7 Å². The first kappa shape index (κ1) is 35.7. The molecular weight excluding hydrogens is 449 g/mol. The van der Waals surface area contributed by atoms with Gasteiger partial charge in [0.2, 0.25) is 5.00 Å². The summed E-state index contributed by atoms with van der Waals surface area (Å²) < 4.78 is 47.4. The molecule has 0 aromatic carbocycles. The highest BCUT2D eigenvalue weighted by molar-refractivity contribution is 7.87. The van der Waals surface area contributed by atoms with E-state index < -0.39 is 15.1 Å². The van der Waals surface area contributed by atoms with E-state index in [1.165, 1.54) is 64.2 Å². The maximum Gasteiger partial charge on any atom is 0.300 e. The van der Waals surface area contributed by atoms with Crippen LogP contribution < -0.4 is 5.73 Å². The number of halogens is 1. The second-order valence-electron chi connectivity index (χ2n) is 9.75. The molecule has 206 valence electrons. The zero-order valence-corrected chi connectivity index (χ0v) is 23.5. The second-order valence-corrected chi connectivity index (χ2v) is 11.4. The second kappa shape index (κ2) is 25.6. The molecule has 0 aliphatic heterocycles. The first-order valence-electron chi connectivity index (χ1n) is 14.3. The first-order chi connectivity index (χ1) is 16.3. The fraction of sp³-hybridized carbons (Fsp3) is 0.929. The Labute approximate surface area is 212 Å². The Kier molecular flexibility index (Phi) is 26.9. The van der Waals surface area contributed by atoms with Crippen LogP contribution in [0.15, 0.2) is 12.7 Å². The smallest absolute Gasteiger partial charge is 0.300 e. The van der Waals surface area contributed by atoms with Crippen LogP contribution >= 0.6 is 0 Å². The molecule has 0 aromatic heterocycles. The Bertz CT molecular complexity index is 528. The number of alkyl halides is 1. The van der Waals surface area contributed by atoms with Gasteiger partial charge in [0, 0.05) is 6.54 Å². The van der Waals surface area contributed by atoms with Crippen LogP contribution in [0, 0.1) is 0 Å². The third-order valence-corrected chi connectivity index (χ3v) is 7.77. The quantitative estimate of drug-likeness (QED) is 0.0774. The maximum absolute atomic E-state index is 14.9. The first-order valence-corrected chi connectivity index (χ1v) is 15.7. The summed E-state index contributed by atoms with van der Waals surface area (Å²) in [5.41, 5.74) is 4.91. The molecule has 6 heteroatoms. The van der Waals surface area contributed by atoms with Crippen LogP contribution in [0.2, 0.25) is 0 Å². The molecule has 0 spiro atoms. The lowest BCUT2D eigenvalue weighted by Gasteiger charge is -2.22. The van der Waals surface area contributed by atoms with Gasteiger partial charge >= 0.3 is 0 Å². The standard InChI is InChI=1S/C25H51FO3S.C3H7N/c1-3-5-7-9-11-12-13-14-15-16-17-18-20-22-24-25(26,30(27,28)29)23-21-19-10-8-6-4-2;1-2-3-4/h3-24H2,1-2H3,(H,27,28,29);2H,1,3-4H2. The molecule has 1 atom stereocenters. The number of hydrogen-bond acceptors (Lipinski definition) is 3. The lowest BCUT2D eigenvalue weighted by atomic mass is 10.0. The summed E-state index contributed by atoms with van der Waals surface area (Å²) in [5.74, 6) is 0. The normalized spacial score (nSPS) is 13.2. The highest BCUT2D eigenvalue weighted by Gasteiger charge is 2.42. The minimum atomic E-state index is -4.65. The molecular formula is C28H58FNO3S. The summed E-state index contributed by atoms with van der Waals surface area (Å²) in [7, 11) is -4.65. The molecule has 4 nitrogen and oxygen atoms in total. The average Bonchev–Trinajstić information content (AvgIpc) is 2.81. The highest BCUT2D eigenvalue weighted by Crippen LogP contribution is 2.32. The monoisotopic (exact) mass is 507 g/mol. The lowest BCUT2D eigenvalue weighted by molar-refractivity contribution is 0.203. The fourth-order valence-corrected chi connectivity index (χ4v) is 4.94. The van der Waals surface area contributed by atoms with E-state index in [2.05, 4.69) is 20.4 Å². The van der Waals surface area contributed by atoms with E-state index in [0.29, 0.717) is 19.4 Å². The van der Waals surface area contributed by atoms with Gasteiger partial charge in [-0.1, -0.05) is 135 Å². The topological polar surface area (TPSA) is 80.4 Å².